The first-order chi connectivity index (χ1) is 8.06. The summed E-state index contributed by atoms with van der Waals surface area (Å²) in [5, 5.41) is 9.82. The van der Waals surface area contributed by atoms with Crippen LogP contribution in [0.25, 0.3) is 11.0 Å². The van der Waals surface area contributed by atoms with Crippen molar-refractivity contribution in [1.29, 1.82) is 0 Å². The van der Waals surface area contributed by atoms with Gasteiger partial charge in [-0.25, -0.2) is 0 Å². The van der Waals surface area contributed by atoms with Gasteiger partial charge in [0.15, 0.2) is 0 Å². The molecule has 1 aliphatic rings. The van der Waals surface area contributed by atoms with E-state index in [4.69, 9.17) is 0 Å². The Kier molecular flexibility index (Phi) is 2.00. The largest absolute Gasteiger partial charge is 0.390 e. The van der Waals surface area contributed by atoms with Crippen LogP contribution in [-0.2, 0) is 6.42 Å². The molecular formula is C12H12N2O3. The minimum atomic E-state index is -0.653. The molecule has 2 aromatic rings. The van der Waals surface area contributed by atoms with Gasteiger partial charge in [-0.1, -0.05) is 6.07 Å². The summed E-state index contributed by atoms with van der Waals surface area (Å²) in [6, 6.07) is 5.39. The Labute approximate surface area is 96.1 Å². The first-order valence-electron chi connectivity index (χ1n) is 5.53. The second-order valence-corrected chi connectivity index (χ2v) is 4.69. The monoisotopic (exact) mass is 232 g/mol. The number of nitrogens with one attached hydrogen (secondary N) is 2. The smallest absolute Gasteiger partial charge is 0.314 e. The molecule has 17 heavy (non-hydrogen) atoms. The second-order valence-electron chi connectivity index (χ2n) is 4.69. The minimum absolute atomic E-state index is 0.559. The zero-order valence-electron chi connectivity index (χ0n) is 9.12. The number of fused-ring (bicyclic) bond motifs is 1. The van der Waals surface area contributed by atoms with Gasteiger partial charge in [0, 0.05) is 6.42 Å². The molecule has 1 heterocycles. The lowest BCUT2D eigenvalue weighted by Gasteiger charge is -2.07. The molecule has 0 saturated heterocycles. The fraction of sp³-hybridized carbons (Fsp3) is 0.333. The third-order valence-electron chi connectivity index (χ3n) is 3.15. The van der Waals surface area contributed by atoms with E-state index in [0.717, 1.165) is 18.4 Å². The maximum atomic E-state index is 11.2. The van der Waals surface area contributed by atoms with E-state index in [2.05, 4.69) is 9.97 Å². The van der Waals surface area contributed by atoms with E-state index in [0.29, 0.717) is 17.5 Å². The molecule has 3 rings (SSSR count). The zero-order chi connectivity index (χ0) is 12.0. The van der Waals surface area contributed by atoms with Crippen LogP contribution in [0.3, 0.4) is 0 Å². The SMILES string of the molecule is O=c1[nH]c2ccc(CC3(O)CC3)cc2[nH]c1=O. The van der Waals surface area contributed by atoms with Crippen LogP contribution in [0, 0.1) is 0 Å². The number of rotatable bonds is 2. The Morgan fingerprint density at radius 2 is 1.76 bits per heavy atom. The molecule has 0 atom stereocenters. The summed E-state index contributed by atoms with van der Waals surface area (Å²) in [6.07, 6.45) is 2.24. The third kappa shape index (κ3) is 1.89. The molecule has 5 heteroatoms. The highest BCUT2D eigenvalue weighted by Crippen LogP contribution is 2.38. The average Bonchev–Trinajstić information content (AvgIpc) is 2.98. The van der Waals surface area contributed by atoms with Gasteiger partial charge in [0.1, 0.15) is 0 Å². The fourth-order valence-corrected chi connectivity index (χ4v) is 1.97. The maximum Gasteiger partial charge on any atom is 0.314 e. The summed E-state index contributed by atoms with van der Waals surface area (Å²) >= 11 is 0. The van der Waals surface area contributed by atoms with Crippen LogP contribution in [0.15, 0.2) is 27.8 Å². The van der Waals surface area contributed by atoms with Gasteiger partial charge in [-0.15, -0.1) is 0 Å². The lowest BCUT2D eigenvalue weighted by Crippen LogP contribution is -2.28. The molecule has 88 valence electrons. The molecule has 0 unspecified atom stereocenters. The van der Waals surface area contributed by atoms with E-state index >= 15 is 0 Å². The standard InChI is InChI=1S/C12H12N2O3/c15-10-11(16)14-9-5-7(1-2-8(9)13-10)6-12(17)3-4-12/h1-2,5,17H,3-4,6H2,(H,13,15)(H,14,16). The summed E-state index contributed by atoms with van der Waals surface area (Å²) in [5.41, 5.74) is 0.291. The predicted molar refractivity (Wildman–Crippen MR) is 63.1 cm³/mol. The summed E-state index contributed by atoms with van der Waals surface area (Å²) in [4.78, 5) is 27.3. The number of hydrogen-bond donors (Lipinski definition) is 3. The second kappa shape index (κ2) is 3.30. The summed E-state index contributed by atoms with van der Waals surface area (Å²) in [5.74, 6) is 0. The molecule has 1 aromatic carbocycles. The first-order valence-corrected chi connectivity index (χ1v) is 5.53. The fourth-order valence-electron chi connectivity index (χ4n) is 1.97. The van der Waals surface area contributed by atoms with Crippen molar-refractivity contribution in [2.24, 2.45) is 0 Å². The number of aromatic amines is 2. The van der Waals surface area contributed by atoms with Crippen LogP contribution in [0.2, 0.25) is 0 Å². The molecule has 0 radical (unpaired) electrons. The van der Waals surface area contributed by atoms with Gasteiger partial charge < -0.3 is 15.1 Å². The molecule has 0 spiro atoms. The van der Waals surface area contributed by atoms with E-state index in [9.17, 15) is 14.7 Å². The molecule has 5 nitrogen and oxygen atoms in total. The number of aromatic nitrogens is 2. The van der Waals surface area contributed by atoms with E-state index in [1.807, 2.05) is 6.07 Å². The number of H-pyrrole nitrogens is 2. The summed E-state index contributed by atoms with van der Waals surface area (Å²) in [6.45, 7) is 0. The van der Waals surface area contributed by atoms with Crippen molar-refractivity contribution < 1.29 is 5.11 Å². The number of aliphatic hydroxyl groups is 1. The molecular weight excluding hydrogens is 220 g/mol. The summed E-state index contributed by atoms with van der Waals surface area (Å²) in [7, 11) is 0. The Morgan fingerprint density at radius 1 is 1.12 bits per heavy atom. The maximum absolute atomic E-state index is 11.2. The van der Waals surface area contributed by atoms with Crippen LogP contribution in [0.1, 0.15) is 18.4 Å². The van der Waals surface area contributed by atoms with Gasteiger partial charge in [-0.2, -0.15) is 0 Å². The lowest BCUT2D eigenvalue weighted by molar-refractivity contribution is 0.151. The predicted octanol–water partition coefficient (Wildman–Crippen LogP) is 0.284. The first kappa shape index (κ1) is 10.3. The normalized spacial score (nSPS) is 17.2. The average molecular weight is 232 g/mol. The Morgan fingerprint density at radius 3 is 2.41 bits per heavy atom. The van der Waals surface area contributed by atoms with Crippen LogP contribution < -0.4 is 11.1 Å². The third-order valence-corrected chi connectivity index (χ3v) is 3.15. The molecule has 1 aliphatic carbocycles. The Balaban J connectivity index is 2.09. The van der Waals surface area contributed by atoms with E-state index in [1.165, 1.54) is 0 Å². The van der Waals surface area contributed by atoms with Crippen molar-refractivity contribution in [2.75, 3.05) is 0 Å². The van der Waals surface area contributed by atoms with Gasteiger partial charge in [-0.3, -0.25) is 9.59 Å². The van der Waals surface area contributed by atoms with Crippen molar-refractivity contribution in [3.05, 3.63) is 44.5 Å². The number of benzene rings is 1. The molecule has 3 N–H and O–H groups in total. The van der Waals surface area contributed by atoms with E-state index in [1.54, 1.807) is 12.1 Å². The quantitative estimate of drug-likeness (QED) is 0.650. The lowest BCUT2D eigenvalue weighted by atomic mass is 10.1. The van der Waals surface area contributed by atoms with Gasteiger partial charge in [0.25, 0.3) is 0 Å². The highest BCUT2D eigenvalue weighted by Gasteiger charge is 2.40. The van der Waals surface area contributed by atoms with Crippen molar-refractivity contribution >= 4 is 11.0 Å². The molecule has 0 bridgehead atoms. The number of hydrogen-bond acceptors (Lipinski definition) is 3. The van der Waals surface area contributed by atoms with Gasteiger partial charge >= 0.3 is 11.1 Å². The van der Waals surface area contributed by atoms with Crippen LogP contribution in [0.5, 0.6) is 0 Å². The highest BCUT2D eigenvalue weighted by molar-refractivity contribution is 5.74. The van der Waals surface area contributed by atoms with Crippen molar-refractivity contribution in [3.63, 3.8) is 0 Å². The Hall–Kier alpha value is -1.88. The van der Waals surface area contributed by atoms with Crippen molar-refractivity contribution in [1.82, 2.24) is 9.97 Å². The molecule has 0 amide bonds. The van der Waals surface area contributed by atoms with Gasteiger partial charge in [0.2, 0.25) is 0 Å². The minimum Gasteiger partial charge on any atom is -0.390 e. The van der Waals surface area contributed by atoms with E-state index in [-0.39, 0.29) is 0 Å². The van der Waals surface area contributed by atoms with Crippen LogP contribution in [0.4, 0.5) is 0 Å². The Bertz CT molecular complexity index is 695. The molecule has 0 aliphatic heterocycles. The summed E-state index contributed by atoms with van der Waals surface area (Å²) < 4.78 is 0. The van der Waals surface area contributed by atoms with Gasteiger partial charge in [-0.05, 0) is 30.5 Å². The van der Waals surface area contributed by atoms with E-state index < -0.39 is 16.7 Å². The highest BCUT2D eigenvalue weighted by atomic mass is 16.3. The van der Waals surface area contributed by atoms with Gasteiger partial charge in [0.05, 0.1) is 16.6 Å². The van der Waals surface area contributed by atoms with Crippen LogP contribution >= 0.6 is 0 Å². The zero-order valence-corrected chi connectivity index (χ0v) is 9.12. The van der Waals surface area contributed by atoms with Crippen molar-refractivity contribution in [3.8, 4) is 0 Å². The molecule has 1 fully saturated rings. The molecule has 1 saturated carbocycles. The topological polar surface area (TPSA) is 85.9 Å². The van der Waals surface area contributed by atoms with Crippen molar-refractivity contribution in [2.45, 2.75) is 24.9 Å². The van der Waals surface area contributed by atoms with Crippen LogP contribution in [-0.4, -0.2) is 20.7 Å². The molecule has 1 aromatic heterocycles.